The van der Waals surface area contributed by atoms with Crippen molar-refractivity contribution in [1.82, 2.24) is 4.31 Å². The van der Waals surface area contributed by atoms with Crippen molar-refractivity contribution in [3.05, 3.63) is 0 Å². The van der Waals surface area contributed by atoms with Crippen molar-refractivity contribution in [2.45, 2.75) is 25.5 Å². The van der Waals surface area contributed by atoms with Crippen LogP contribution in [0, 0.1) is 5.92 Å². The minimum absolute atomic E-state index is 0.0351. The molecule has 1 aliphatic heterocycles. The van der Waals surface area contributed by atoms with E-state index in [1.165, 1.54) is 0 Å². The van der Waals surface area contributed by atoms with Crippen LogP contribution in [0.3, 0.4) is 0 Å². The van der Waals surface area contributed by atoms with Gasteiger partial charge in [0.05, 0.1) is 16.8 Å². The standard InChI is InChI=1S/C10H19NO6S2/c1-8(2)5-11(6-10(12)13)19(16,17)9-3-4-18(14,15)7-9/h8-9H,3-7H2,1-2H3,(H,12,13). The van der Waals surface area contributed by atoms with Crippen molar-refractivity contribution in [2.75, 3.05) is 24.6 Å². The van der Waals surface area contributed by atoms with Crippen LogP contribution in [-0.2, 0) is 24.7 Å². The summed E-state index contributed by atoms with van der Waals surface area (Å²) in [6.07, 6.45) is 0.0406. The minimum atomic E-state index is -3.89. The molecule has 1 aliphatic rings. The van der Waals surface area contributed by atoms with Crippen LogP contribution in [0.25, 0.3) is 0 Å². The fourth-order valence-corrected chi connectivity index (χ4v) is 6.66. The molecular weight excluding hydrogens is 294 g/mol. The fourth-order valence-electron chi connectivity index (χ4n) is 2.02. The second-order valence-electron chi connectivity index (χ2n) is 5.15. The highest BCUT2D eigenvalue weighted by molar-refractivity contribution is 7.95. The van der Waals surface area contributed by atoms with E-state index >= 15 is 0 Å². The smallest absolute Gasteiger partial charge is 0.318 e. The minimum Gasteiger partial charge on any atom is -0.480 e. The molecule has 19 heavy (non-hydrogen) atoms. The van der Waals surface area contributed by atoms with Gasteiger partial charge in [0.1, 0.15) is 6.54 Å². The van der Waals surface area contributed by atoms with Gasteiger partial charge in [0.15, 0.2) is 9.84 Å². The Morgan fingerprint density at radius 3 is 2.37 bits per heavy atom. The number of nitrogens with zero attached hydrogens (tertiary/aromatic N) is 1. The number of aliphatic carboxylic acids is 1. The molecule has 0 aliphatic carbocycles. The van der Waals surface area contributed by atoms with Gasteiger partial charge in [-0.05, 0) is 12.3 Å². The molecule has 1 fully saturated rings. The quantitative estimate of drug-likeness (QED) is 0.711. The van der Waals surface area contributed by atoms with Crippen LogP contribution < -0.4 is 0 Å². The summed E-state index contributed by atoms with van der Waals surface area (Å²) in [6, 6.07) is 0. The van der Waals surface area contributed by atoms with E-state index in [1.54, 1.807) is 13.8 Å². The third-order valence-electron chi connectivity index (χ3n) is 2.85. The first-order chi connectivity index (χ1) is 8.54. The van der Waals surface area contributed by atoms with E-state index < -0.39 is 43.4 Å². The Balaban J connectivity index is 2.96. The Morgan fingerprint density at radius 2 is 2.00 bits per heavy atom. The molecule has 0 saturated carbocycles. The van der Waals surface area contributed by atoms with Gasteiger partial charge in [-0.1, -0.05) is 13.8 Å². The summed E-state index contributed by atoms with van der Waals surface area (Å²) in [7, 11) is -7.21. The fraction of sp³-hybridized carbons (Fsp3) is 0.900. The average Bonchev–Trinajstić information content (AvgIpc) is 2.57. The maximum Gasteiger partial charge on any atom is 0.318 e. The van der Waals surface area contributed by atoms with Crippen molar-refractivity contribution >= 4 is 25.8 Å². The van der Waals surface area contributed by atoms with Gasteiger partial charge >= 0.3 is 5.97 Å². The molecule has 1 N–H and O–H groups in total. The van der Waals surface area contributed by atoms with E-state index in [-0.39, 0.29) is 24.6 Å². The summed E-state index contributed by atoms with van der Waals surface area (Å²) in [5.74, 6) is -1.85. The van der Waals surface area contributed by atoms with Crippen LogP contribution >= 0.6 is 0 Å². The molecule has 1 saturated heterocycles. The molecule has 1 atom stereocenters. The lowest BCUT2D eigenvalue weighted by Crippen LogP contribution is -2.43. The maximum absolute atomic E-state index is 12.3. The van der Waals surface area contributed by atoms with Gasteiger partial charge in [0, 0.05) is 6.54 Å². The van der Waals surface area contributed by atoms with Gasteiger partial charge in [0.2, 0.25) is 10.0 Å². The van der Waals surface area contributed by atoms with Crippen LogP contribution in [0.1, 0.15) is 20.3 Å². The van der Waals surface area contributed by atoms with Gasteiger partial charge in [-0.15, -0.1) is 0 Å². The largest absolute Gasteiger partial charge is 0.480 e. The number of carboxylic acids is 1. The molecule has 0 bridgehead atoms. The van der Waals surface area contributed by atoms with Crippen LogP contribution in [0.4, 0.5) is 0 Å². The number of carboxylic acid groups (broad SMARTS) is 1. The average molecular weight is 313 g/mol. The molecule has 0 aromatic heterocycles. The zero-order valence-electron chi connectivity index (χ0n) is 10.9. The first-order valence-corrected chi connectivity index (χ1v) is 9.28. The highest BCUT2D eigenvalue weighted by atomic mass is 32.2. The Morgan fingerprint density at radius 1 is 1.42 bits per heavy atom. The van der Waals surface area contributed by atoms with E-state index in [9.17, 15) is 21.6 Å². The summed E-state index contributed by atoms with van der Waals surface area (Å²) in [5, 5.41) is 7.76. The summed E-state index contributed by atoms with van der Waals surface area (Å²) in [4.78, 5) is 10.8. The second-order valence-corrected chi connectivity index (χ2v) is 9.59. The van der Waals surface area contributed by atoms with Crippen molar-refractivity contribution in [3.63, 3.8) is 0 Å². The number of carbonyl (C=O) groups is 1. The lowest BCUT2D eigenvalue weighted by Gasteiger charge is -2.25. The molecule has 7 nitrogen and oxygen atoms in total. The summed E-state index contributed by atoms with van der Waals surface area (Å²) < 4.78 is 48.2. The molecule has 0 amide bonds. The molecule has 1 heterocycles. The number of sulfone groups is 1. The Hall–Kier alpha value is -0.670. The van der Waals surface area contributed by atoms with Gasteiger partial charge in [-0.3, -0.25) is 4.79 Å². The lowest BCUT2D eigenvalue weighted by molar-refractivity contribution is -0.137. The van der Waals surface area contributed by atoms with Crippen molar-refractivity contribution in [3.8, 4) is 0 Å². The maximum atomic E-state index is 12.3. The highest BCUT2D eigenvalue weighted by Crippen LogP contribution is 2.22. The van der Waals surface area contributed by atoms with E-state index in [1.807, 2.05) is 0 Å². The van der Waals surface area contributed by atoms with Gasteiger partial charge in [-0.25, -0.2) is 16.8 Å². The second kappa shape index (κ2) is 5.76. The molecular formula is C10H19NO6S2. The molecule has 112 valence electrons. The number of hydrogen-bond donors (Lipinski definition) is 1. The third-order valence-corrected chi connectivity index (χ3v) is 7.07. The molecule has 0 spiro atoms. The monoisotopic (exact) mass is 313 g/mol. The normalized spacial score (nSPS) is 23.1. The third kappa shape index (κ3) is 4.43. The molecule has 0 aromatic carbocycles. The Labute approximate surface area is 113 Å². The predicted octanol–water partition coefficient (Wildman–Crippen LogP) is -0.454. The zero-order chi connectivity index (χ0) is 14.8. The Kier molecular flexibility index (Phi) is 4.97. The molecule has 1 unspecified atom stereocenters. The van der Waals surface area contributed by atoms with Crippen LogP contribution in [0.5, 0.6) is 0 Å². The molecule has 0 radical (unpaired) electrons. The van der Waals surface area contributed by atoms with Crippen LogP contribution in [0.2, 0.25) is 0 Å². The van der Waals surface area contributed by atoms with E-state index in [0.717, 1.165) is 4.31 Å². The van der Waals surface area contributed by atoms with Crippen LogP contribution in [-0.4, -0.2) is 62.1 Å². The van der Waals surface area contributed by atoms with E-state index in [2.05, 4.69) is 0 Å². The summed E-state index contributed by atoms with van der Waals surface area (Å²) in [6.45, 7) is 2.99. The van der Waals surface area contributed by atoms with Gasteiger partial charge in [-0.2, -0.15) is 4.31 Å². The van der Waals surface area contributed by atoms with Crippen LogP contribution in [0.15, 0.2) is 0 Å². The summed E-state index contributed by atoms with van der Waals surface area (Å²) >= 11 is 0. The van der Waals surface area contributed by atoms with Gasteiger partial charge in [0.25, 0.3) is 0 Å². The summed E-state index contributed by atoms with van der Waals surface area (Å²) in [5.41, 5.74) is 0. The first kappa shape index (κ1) is 16.4. The number of sulfonamides is 1. The molecule has 9 heteroatoms. The van der Waals surface area contributed by atoms with E-state index in [0.29, 0.717) is 0 Å². The lowest BCUT2D eigenvalue weighted by atomic mass is 10.2. The highest BCUT2D eigenvalue weighted by Gasteiger charge is 2.41. The SMILES string of the molecule is CC(C)CN(CC(=O)O)S(=O)(=O)C1CCS(=O)(=O)C1. The molecule has 1 rings (SSSR count). The first-order valence-electron chi connectivity index (χ1n) is 5.96. The van der Waals surface area contributed by atoms with Crippen molar-refractivity contribution < 1.29 is 26.7 Å². The zero-order valence-corrected chi connectivity index (χ0v) is 12.6. The van der Waals surface area contributed by atoms with Gasteiger partial charge < -0.3 is 5.11 Å². The van der Waals surface area contributed by atoms with Crippen molar-refractivity contribution in [1.29, 1.82) is 0 Å². The number of rotatable bonds is 6. The van der Waals surface area contributed by atoms with Crippen molar-refractivity contribution in [2.24, 2.45) is 5.92 Å². The topological polar surface area (TPSA) is 109 Å². The van der Waals surface area contributed by atoms with E-state index in [4.69, 9.17) is 5.11 Å². The predicted molar refractivity (Wildman–Crippen MR) is 70.0 cm³/mol. The Bertz CT molecular complexity index is 536. The molecule has 0 aromatic rings. The number of hydrogen-bond acceptors (Lipinski definition) is 5.